The van der Waals surface area contributed by atoms with Crippen molar-refractivity contribution in [2.24, 2.45) is 0 Å². The average molecular weight is 494 g/mol. The highest BCUT2D eigenvalue weighted by molar-refractivity contribution is 7.92. The first kappa shape index (κ1) is 26.7. The van der Waals surface area contributed by atoms with Crippen LogP contribution in [0, 0.1) is 6.92 Å². The third-order valence-corrected chi connectivity index (χ3v) is 6.85. The van der Waals surface area contributed by atoms with Crippen molar-refractivity contribution in [2.45, 2.75) is 46.2 Å². The summed E-state index contributed by atoms with van der Waals surface area (Å²) in [7, 11) is -3.75. The summed E-state index contributed by atoms with van der Waals surface area (Å²) in [6.07, 6.45) is 2.81. The molecule has 33 heavy (non-hydrogen) atoms. The normalized spacial score (nSPS) is 12.2. The number of nitrogens with zero attached hydrogens (tertiary/aromatic N) is 2. The molecule has 1 N–H and O–H groups in total. The lowest BCUT2D eigenvalue weighted by Crippen LogP contribution is -2.51. The van der Waals surface area contributed by atoms with Gasteiger partial charge in [0.25, 0.3) is 0 Å². The fourth-order valence-corrected chi connectivity index (χ4v) is 4.47. The van der Waals surface area contributed by atoms with Crippen LogP contribution < -0.4 is 9.62 Å². The standard InChI is InChI=1S/C24H32ClN3O4S/c1-5-6-15-26-24(30)19(3)27(16-20-12-8-9-13-21(20)25)23(29)17-28(33(4,31)32)22-14-10-7-11-18(22)2/h7-14,19H,5-6,15-17H2,1-4H3,(H,26,30)/t19-/m0/s1. The van der Waals surface area contributed by atoms with Crippen LogP contribution in [0.5, 0.6) is 0 Å². The van der Waals surface area contributed by atoms with E-state index >= 15 is 0 Å². The number of sulfonamides is 1. The van der Waals surface area contributed by atoms with E-state index in [1.807, 2.05) is 6.92 Å². The van der Waals surface area contributed by atoms with E-state index in [0.717, 1.165) is 29.0 Å². The van der Waals surface area contributed by atoms with E-state index in [4.69, 9.17) is 11.6 Å². The molecule has 0 aliphatic heterocycles. The number of para-hydroxylation sites is 1. The number of halogens is 1. The van der Waals surface area contributed by atoms with Gasteiger partial charge in [-0.15, -0.1) is 0 Å². The van der Waals surface area contributed by atoms with Crippen molar-refractivity contribution in [1.82, 2.24) is 10.2 Å². The molecule has 0 spiro atoms. The number of anilines is 1. The maximum atomic E-state index is 13.5. The lowest BCUT2D eigenvalue weighted by atomic mass is 10.1. The molecule has 9 heteroatoms. The molecule has 2 aromatic carbocycles. The van der Waals surface area contributed by atoms with E-state index in [1.54, 1.807) is 62.4 Å². The Balaban J connectivity index is 2.37. The van der Waals surface area contributed by atoms with Crippen LogP contribution in [0.2, 0.25) is 5.02 Å². The number of carbonyl (C=O) groups is 2. The van der Waals surface area contributed by atoms with Gasteiger partial charge in [-0.1, -0.05) is 61.3 Å². The molecular formula is C24H32ClN3O4S. The van der Waals surface area contributed by atoms with Crippen LogP contribution in [0.15, 0.2) is 48.5 Å². The second-order valence-electron chi connectivity index (χ2n) is 7.99. The van der Waals surface area contributed by atoms with Crippen molar-refractivity contribution in [3.05, 3.63) is 64.7 Å². The number of hydrogen-bond donors (Lipinski definition) is 1. The highest BCUT2D eigenvalue weighted by atomic mass is 35.5. The van der Waals surface area contributed by atoms with Gasteiger partial charge in [-0.3, -0.25) is 13.9 Å². The van der Waals surface area contributed by atoms with Crippen LogP contribution in [0.1, 0.15) is 37.8 Å². The van der Waals surface area contributed by atoms with Gasteiger partial charge in [-0.25, -0.2) is 8.42 Å². The Morgan fingerprint density at radius 2 is 1.73 bits per heavy atom. The number of rotatable bonds is 11. The van der Waals surface area contributed by atoms with Gasteiger partial charge in [0.15, 0.2) is 0 Å². The van der Waals surface area contributed by atoms with E-state index < -0.39 is 28.5 Å². The number of amides is 2. The maximum absolute atomic E-state index is 13.5. The maximum Gasteiger partial charge on any atom is 0.244 e. The molecule has 2 amide bonds. The molecule has 7 nitrogen and oxygen atoms in total. The molecule has 0 aliphatic carbocycles. The minimum Gasteiger partial charge on any atom is -0.354 e. The van der Waals surface area contributed by atoms with Crippen LogP contribution in [0.3, 0.4) is 0 Å². The Hall–Kier alpha value is -2.58. The quantitative estimate of drug-likeness (QED) is 0.483. The van der Waals surface area contributed by atoms with Gasteiger partial charge in [0.2, 0.25) is 21.8 Å². The first-order valence-corrected chi connectivity index (χ1v) is 13.1. The molecule has 0 fully saturated rings. The van der Waals surface area contributed by atoms with Crippen LogP contribution in [-0.4, -0.2) is 50.5 Å². The third kappa shape index (κ3) is 7.47. The van der Waals surface area contributed by atoms with Crippen LogP contribution in [0.4, 0.5) is 5.69 Å². The lowest BCUT2D eigenvalue weighted by Gasteiger charge is -2.32. The third-order valence-electron chi connectivity index (χ3n) is 5.36. The van der Waals surface area contributed by atoms with Crippen LogP contribution >= 0.6 is 11.6 Å². The minimum atomic E-state index is -3.75. The Morgan fingerprint density at radius 3 is 2.33 bits per heavy atom. The van der Waals surface area contributed by atoms with Crippen molar-refractivity contribution < 1.29 is 18.0 Å². The zero-order valence-corrected chi connectivity index (χ0v) is 21.1. The SMILES string of the molecule is CCCCNC(=O)[C@H](C)N(Cc1ccccc1Cl)C(=O)CN(c1ccccc1C)S(C)(=O)=O. The van der Waals surface area contributed by atoms with E-state index in [2.05, 4.69) is 5.32 Å². The highest BCUT2D eigenvalue weighted by Gasteiger charge is 2.30. The van der Waals surface area contributed by atoms with E-state index in [0.29, 0.717) is 22.8 Å². The molecule has 0 saturated carbocycles. The number of benzene rings is 2. The molecule has 1 atom stereocenters. The first-order chi connectivity index (χ1) is 15.6. The second-order valence-corrected chi connectivity index (χ2v) is 10.3. The molecule has 2 rings (SSSR count). The molecule has 0 radical (unpaired) electrons. The van der Waals surface area contributed by atoms with Gasteiger partial charge < -0.3 is 10.2 Å². The average Bonchev–Trinajstić information content (AvgIpc) is 2.76. The van der Waals surface area contributed by atoms with E-state index in [-0.39, 0.29) is 12.5 Å². The summed E-state index contributed by atoms with van der Waals surface area (Å²) in [5, 5.41) is 3.31. The minimum absolute atomic E-state index is 0.0756. The molecular weight excluding hydrogens is 462 g/mol. The van der Waals surface area contributed by atoms with Crippen molar-refractivity contribution >= 4 is 39.1 Å². The summed E-state index contributed by atoms with van der Waals surface area (Å²) < 4.78 is 26.3. The summed E-state index contributed by atoms with van der Waals surface area (Å²) in [5.41, 5.74) is 1.81. The van der Waals surface area contributed by atoms with Crippen molar-refractivity contribution in [1.29, 1.82) is 0 Å². The Bertz CT molecular complexity index is 1070. The van der Waals surface area contributed by atoms with Crippen LogP contribution in [-0.2, 0) is 26.2 Å². The van der Waals surface area contributed by atoms with Crippen molar-refractivity contribution in [3.63, 3.8) is 0 Å². The number of unbranched alkanes of at least 4 members (excludes halogenated alkanes) is 1. The molecule has 0 aromatic heterocycles. The Kier molecular flexibility index (Phi) is 9.73. The fourth-order valence-electron chi connectivity index (χ4n) is 3.37. The van der Waals surface area contributed by atoms with Crippen molar-refractivity contribution in [3.8, 4) is 0 Å². The van der Waals surface area contributed by atoms with Gasteiger partial charge in [0, 0.05) is 18.1 Å². The molecule has 0 saturated heterocycles. The molecule has 0 heterocycles. The molecule has 0 unspecified atom stereocenters. The van der Waals surface area contributed by atoms with Crippen LogP contribution in [0.25, 0.3) is 0 Å². The van der Waals surface area contributed by atoms with E-state index in [1.165, 1.54) is 4.90 Å². The summed E-state index contributed by atoms with van der Waals surface area (Å²) in [6.45, 7) is 5.59. The Labute approximate surface area is 201 Å². The summed E-state index contributed by atoms with van der Waals surface area (Å²) in [6, 6.07) is 13.2. The number of carbonyl (C=O) groups excluding carboxylic acids is 2. The Morgan fingerprint density at radius 1 is 1.09 bits per heavy atom. The summed E-state index contributed by atoms with van der Waals surface area (Å²) in [5.74, 6) is -0.799. The predicted molar refractivity (Wildman–Crippen MR) is 133 cm³/mol. The molecule has 0 aliphatic rings. The largest absolute Gasteiger partial charge is 0.354 e. The molecule has 180 valence electrons. The van der Waals surface area contributed by atoms with Gasteiger partial charge in [-0.05, 0) is 43.5 Å². The highest BCUT2D eigenvalue weighted by Crippen LogP contribution is 2.23. The monoisotopic (exact) mass is 493 g/mol. The molecule has 0 bridgehead atoms. The van der Waals surface area contributed by atoms with Gasteiger partial charge in [0.05, 0.1) is 11.9 Å². The van der Waals surface area contributed by atoms with E-state index in [9.17, 15) is 18.0 Å². The zero-order chi connectivity index (χ0) is 24.6. The topological polar surface area (TPSA) is 86.8 Å². The summed E-state index contributed by atoms with van der Waals surface area (Å²) >= 11 is 6.31. The number of nitrogens with one attached hydrogen (secondary N) is 1. The van der Waals surface area contributed by atoms with Crippen molar-refractivity contribution in [2.75, 3.05) is 23.7 Å². The number of aryl methyl sites for hydroxylation is 1. The fraction of sp³-hybridized carbons (Fsp3) is 0.417. The molecule has 2 aromatic rings. The zero-order valence-electron chi connectivity index (χ0n) is 19.5. The van der Waals surface area contributed by atoms with Gasteiger partial charge >= 0.3 is 0 Å². The summed E-state index contributed by atoms with van der Waals surface area (Å²) in [4.78, 5) is 27.6. The van der Waals surface area contributed by atoms with Gasteiger partial charge in [-0.2, -0.15) is 0 Å². The second kappa shape index (κ2) is 12.0. The lowest BCUT2D eigenvalue weighted by molar-refractivity contribution is -0.139. The smallest absolute Gasteiger partial charge is 0.244 e. The van der Waals surface area contributed by atoms with Gasteiger partial charge in [0.1, 0.15) is 12.6 Å². The number of hydrogen-bond acceptors (Lipinski definition) is 4. The first-order valence-electron chi connectivity index (χ1n) is 10.9. The predicted octanol–water partition coefficient (Wildman–Crippen LogP) is 3.75.